The van der Waals surface area contributed by atoms with E-state index in [1.54, 1.807) is 0 Å². The van der Waals surface area contributed by atoms with Crippen LogP contribution in [0.3, 0.4) is 0 Å². The average Bonchev–Trinajstić information content (AvgIpc) is 2.83. The summed E-state index contributed by atoms with van der Waals surface area (Å²) in [6.07, 6.45) is -3.13. The Bertz CT molecular complexity index is 781. The zero-order chi connectivity index (χ0) is 17.9. The van der Waals surface area contributed by atoms with E-state index in [0.29, 0.717) is 0 Å². The van der Waals surface area contributed by atoms with Crippen LogP contribution in [-0.2, 0) is 16.0 Å². The van der Waals surface area contributed by atoms with Gasteiger partial charge >= 0.3 is 11.7 Å². The maximum Gasteiger partial charge on any atom is 0.330 e. The molecule has 1 saturated heterocycles. The summed E-state index contributed by atoms with van der Waals surface area (Å²) in [6, 6.07) is -1.12. The third-order valence-electron chi connectivity index (χ3n) is 3.63. The summed E-state index contributed by atoms with van der Waals surface area (Å²) in [6.45, 7) is -0.554. The number of carboxylic acids is 1. The van der Waals surface area contributed by atoms with Crippen LogP contribution in [0, 0.1) is 0 Å². The van der Waals surface area contributed by atoms with Gasteiger partial charge in [-0.2, -0.15) is 0 Å². The van der Waals surface area contributed by atoms with E-state index in [0.717, 1.165) is 10.8 Å². The summed E-state index contributed by atoms with van der Waals surface area (Å²) < 4.78 is 6.21. The molecule has 130 valence electrons. The lowest BCUT2D eigenvalue weighted by molar-refractivity contribution is -0.136. The molecule has 0 bridgehead atoms. The molecule has 2 heterocycles. The molecule has 12 heteroatoms. The molecule has 1 aliphatic heterocycles. The second-order valence-electron chi connectivity index (χ2n) is 5.15. The van der Waals surface area contributed by atoms with Gasteiger partial charge in [0.1, 0.15) is 6.10 Å². The first kappa shape index (κ1) is 17.7. The van der Waals surface area contributed by atoms with Crippen LogP contribution >= 0.6 is 0 Å². The van der Waals surface area contributed by atoms with Crippen LogP contribution in [0.15, 0.2) is 20.9 Å². The Kier molecular flexibility index (Phi) is 5.36. The van der Waals surface area contributed by atoms with Crippen LogP contribution < -0.4 is 11.2 Å². The van der Waals surface area contributed by atoms with Crippen LogP contribution in [-0.4, -0.2) is 55.7 Å². The molecule has 0 aliphatic carbocycles. The van der Waals surface area contributed by atoms with Crippen molar-refractivity contribution in [2.24, 2.45) is 5.11 Å². The molecular weight excluding hydrogens is 326 g/mol. The van der Waals surface area contributed by atoms with E-state index in [-0.39, 0.29) is 18.4 Å². The highest BCUT2D eigenvalue weighted by Crippen LogP contribution is 2.30. The molecule has 4 N–H and O–H groups in total. The molecule has 0 radical (unpaired) electrons. The van der Waals surface area contributed by atoms with E-state index in [4.69, 9.17) is 15.4 Å². The van der Waals surface area contributed by atoms with Gasteiger partial charge in [-0.15, -0.1) is 0 Å². The number of aromatic nitrogens is 2. The first-order chi connectivity index (χ1) is 11.4. The molecule has 1 aromatic rings. The minimum atomic E-state index is -1.44. The summed E-state index contributed by atoms with van der Waals surface area (Å²) in [5.74, 6) is -1.12. The zero-order valence-electron chi connectivity index (χ0n) is 12.3. The van der Waals surface area contributed by atoms with Crippen molar-refractivity contribution in [2.45, 2.75) is 37.3 Å². The van der Waals surface area contributed by atoms with Crippen molar-refractivity contribution in [3.05, 3.63) is 43.0 Å². The van der Waals surface area contributed by atoms with E-state index in [2.05, 4.69) is 10.0 Å². The van der Waals surface area contributed by atoms with Gasteiger partial charge in [-0.3, -0.25) is 19.1 Å². The monoisotopic (exact) mass is 341 g/mol. The number of nitrogens with zero attached hydrogens (tertiary/aromatic N) is 4. The predicted octanol–water partition coefficient (Wildman–Crippen LogP) is -1.52. The van der Waals surface area contributed by atoms with Gasteiger partial charge in [-0.25, -0.2) is 4.79 Å². The Labute approximate surface area is 133 Å². The molecule has 24 heavy (non-hydrogen) atoms. The highest BCUT2D eigenvalue weighted by molar-refractivity contribution is 5.67. The lowest BCUT2D eigenvalue weighted by Crippen LogP contribution is -2.38. The fourth-order valence-electron chi connectivity index (χ4n) is 2.45. The van der Waals surface area contributed by atoms with E-state index in [1.807, 2.05) is 4.98 Å². The Morgan fingerprint density at radius 3 is 2.79 bits per heavy atom. The van der Waals surface area contributed by atoms with Crippen molar-refractivity contribution in [3.8, 4) is 0 Å². The molecule has 1 aliphatic rings. The quantitative estimate of drug-likeness (QED) is 0.274. The fraction of sp³-hybridized carbons (Fsp3) is 0.583. The number of H-pyrrole nitrogens is 1. The Morgan fingerprint density at radius 2 is 2.21 bits per heavy atom. The molecule has 12 nitrogen and oxygen atoms in total. The smallest absolute Gasteiger partial charge is 0.330 e. The maximum atomic E-state index is 12.0. The number of azide groups is 1. The summed E-state index contributed by atoms with van der Waals surface area (Å²) in [5, 5.41) is 31.4. The number of aliphatic hydroxyl groups excluding tert-OH is 2. The Morgan fingerprint density at radius 1 is 1.50 bits per heavy atom. The molecule has 2 rings (SSSR count). The zero-order valence-corrected chi connectivity index (χ0v) is 12.3. The summed E-state index contributed by atoms with van der Waals surface area (Å²) in [7, 11) is 0. The molecule has 0 aromatic carbocycles. The Balaban J connectivity index is 2.39. The maximum absolute atomic E-state index is 12.0. The number of rotatable bonds is 6. The standard InChI is InChI=1S/C12H15N5O7/c13-16-15-8-6(4-18)24-11(9(8)21)17-3-5(1-2-7(19)20)10(22)14-12(17)23/h3,6,8-9,11,18,21H,1-2,4H2,(H,19,20)(H,14,22,23)/t6-,8-,9-,11+/m1/s1. The van der Waals surface area contributed by atoms with Crippen LogP contribution in [0.4, 0.5) is 0 Å². The number of hydrogen-bond donors (Lipinski definition) is 4. The highest BCUT2D eigenvalue weighted by Gasteiger charge is 2.44. The number of ether oxygens (including phenoxy) is 1. The second kappa shape index (κ2) is 7.27. The normalized spacial score (nSPS) is 26.1. The second-order valence-corrected chi connectivity index (χ2v) is 5.15. The molecular formula is C12H15N5O7. The summed E-state index contributed by atoms with van der Waals surface area (Å²) >= 11 is 0. The van der Waals surface area contributed by atoms with Crippen molar-refractivity contribution in [1.82, 2.24) is 9.55 Å². The average molecular weight is 341 g/mol. The number of nitrogens with one attached hydrogen (secondary N) is 1. The number of carbonyl (C=O) groups is 1. The molecule has 1 aromatic heterocycles. The van der Waals surface area contributed by atoms with Crippen molar-refractivity contribution < 1.29 is 24.9 Å². The Hall–Kier alpha value is -2.66. The molecule has 1 fully saturated rings. The minimum absolute atomic E-state index is 0.0144. The van der Waals surface area contributed by atoms with E-state index < -0.39 is 48.3 Å². The van der Waals surface area contributed by atoms with Gasteiger partial charge < -0.3 is 20.1 Å². The summed E-state index contributed by atoms with van der Waals surface area (Å²) in [5.41, 5.74) is 6.90. The van der Waals surface area contributed by atoms with Gasteiger partial charge in [-0.05, 0) is 12.0 Å². The van der Waals surface area contributed by atoms with Crippen molar-refractivity contribution in [3.63, 3.8) is 0 Å². The third kappa shape index (κ3) is 3.46. The minimum Gasteiger partial charge on any atom is -0.481 e. The molecule has 0 saturated carbocycles. The summed E-state index contributed by atoms with van der Waals surface area (Å²) in [4.78, 5) is 38.9. The van der Waals surface area contributed by atoms with Crippen LogP contribution in [0.2, 0.25) is 0 Å². The first-order valence-electron chi connectivity index (χ1n) is 6.93. The van der Waals surface area contributed by atoms with Crippen molar-refractivity contribution in [1.29, 1.82) is 0 Å². The van der Waals surface area contributed by atoms with Crippen molar-refractivity contribution >= 4 is 5.97 Å². The lowest BCUT2D eigenvalue weighted by Gasteiger charge is -2.18. The predicted molar refractivity (Wildman–Crippen MR) is 77.2 cm³/mol. The molecule has 0 amide bonds. The van der Waals surface area contributed by atoms with Crippen LogP contribution in [0.1, 0.15) is 18.2 Å². The number of aliphatic carboxylic acids is 1. The van der Waals surface area contributed by atoms with Gasteiger partial charge in [0, 0.05) is 23.1 Å². The fourth-order valence-corrected chi connectivity index (χ4v) is 2.45. The van der Waals surface area contributed by atoms with Crippen molar-refractivity contribution in [2.75, 3.05) is 6.61 Å². The number of hydrogen-bond acceptors (Lipinski definition) is 7. The number of aliphatic hydroxyl groups is 2. The topological polar surface area (TPSA) is 191 Å². The largest absolute Gasteiger partial charge is 0.481 e. The van der Waals surface area contributed by atoms with Gasteiger partial charge in [0.05, 0.1) is 18.8 Å². The van der Waals surface area contributed by atoms with E-state index in [1.165, 1.54) is 0 Å². The number of carboxylic acid groups (broad SMARTS) is 1. The van der Waals surface area contributed by atoms with E-state index in [9.17, 15) is 24.6 Å². The third-order valence-corrected chi connectivity index (χ3v) is 3.63. The SMILES string of the molecule is [N-]=[N+]=N[C@H]1[C@@H](O)[C@@H](n2cc(CCC(=O)O)c(=O)[nH]c2=O)O[C@@H]1CO. The van der Waals surface area contributed by atoms with Crippen LogP contribution in [0.25, 0.3) is 10.4 Å². The van der Waals surface area contributed by atoms with Gasteiger partial charge in [0.15, 0.2) is 6.23 Å². The first-order valence-corrected chi connectivity index (χ1v) is 6.93. The van der Waals surface area contributed by atoms with E-state index >= 15 is 0 Å². The van der Waals surface area contributed by atoms with Gasteiger partial charge in [0.25, 0.3) is 5.56 Å². The van der Waals surface area contributed by atoms with Gasteiger partial charge in [-0.1, -0.05) is 5.11 Å². The molecule has 4 atom stereocenters. The number of aryl methyl sites for hydroxylation is 1. The number of aromatic amines is 1. The molecule has 0 unspecified atom stereocenters. The van der Waals surface area contributed by atoms with Crippen LogP contribution in [0.5, 0.6) is 0 Å². The van der Waals surface area contributed by atoms with Gasteiger partial charge in [0.2, 0.25) is 0 Å². The highest BCUT2D eigenvalue weighted by atomic mass is 16.5. The lowest BCUT2D eigenvalue weighted by atomic mass is 10.1. The molecule has 0 spiro atoms.